The Labute approximate surface area is 110 Å². The smallest absolute Gasteiger partial charge is 0.326 e. The zero-order valence-corrected chi connectivity index (χ0v) is 10.7. The predicted octanol–water partition coefficient (Wildman–Crippen LogP) is 1.93. The Kier molecular flexibility index (Phi) is 2.81. The maximum Gasteiger partial charge on any atom is 0.326 e. The number of benzene rings is 1. The molecule has 98 valence electrons. The SMILES string of the molecule is CC1CCN(c2ncnc3ccccc23)C1C(=O)O. The first-order valence-corrected chi connectivity index (χ1v) is 6.37. The lowest BCUT2D eigenvalue weighted by atomic mass is 10.0. The van der Waals surface area contributed by atoms with Crippen LogP contribution in [0, 0.1) is 5.92 Å². The third kappa shape index (κ3) is 1.91. The van der Waals surface area contributed by atoms with Crippen LogP contribution in [-0.4, -0.2) is 33.6 Å². The minimum Gasteiger partial charge on any atom is -0.480 e. The minimum absolute atomic E-state index is 0.131. The van der Waals surface area contributed by atoms with Crippen molar-refractivity contribution < 1.29 is 9.90 Å². The fraction of sp³-hybridized carbons (Fsp3) is 0.357. The molecule has 2 atom stereocenters. The van der Waals surface area contributed by atoms with Gasteiger partial charge in [0.1, 0.15) is 18.2 Å². The summed E-state index contributed by atoms with van der Waals surface area (Å²) < 4.78 is 0. The molecule has 19 heavy (non-hydrogen) atoms. The van der Waals surface area contributed by atoms with Crippen LogP contribution >= 0.6 is 0 Å². The highest BCUT2D eigenvalue weighted by Gasteiger charge is 2.38. The lowest BCUT2D eigenvalue weighted by molar-refractivity contribution is -0.139. The molecule has 0 aliphatic carbocycles. The summed E-state index contributed by atoms with van der Waals surface area (Å²) in [5.41, 5.74) is 0.844. The molecule has 0 amide bonds. The second kappa shape index (κ2) is 4.50. The highest BCUT2D eigenvalue weighted by molar-refractivity contribution is 5.91. The number of carbonyl (C=O) groups is 1. The van der Waals surface area contributed by atoms with Gasteiger partial charge in [0.2, 0.25) is 0 Å². The number of rotatable bonds is 2. The first kappa shape index (κ1) is 11.9. The molecule has 3 rings (SSSR count). The zero-order chi connectivity index (χ0) is 13.4. The number of aromatic nitrogens is 2. The summed E-state index contributed by atoms with van der Waals surface area (Å²) in [6, 6.07) is 7.19. The molecule has 0 radical (unpaired) electrons. The van der Waals surface area contributed by atoms with Crippen molar-refractivity contribution >= 4 is 22.7 Å². The summed E-state index contributed by atoms with van der Waals surface area (Å²) in [5.74, 6) is 0.0706. The van der Waals surface area contributed by atoms with Crippen LogP contribution in [0.2, 0.25) is 0 Å². The highest BCUT2D eigenvalue weighted by Crippen LogP contribution is 2.32. The van der Waals surface area contributed by atoms with Crippen LogP contribution in [0.3, 0.4) is 0 Å². The maximum absolute atomic E-state index is 11.4. The molecule has 1 N–H and O–H groups in total. The normalized spacial score (nSPS) is 22.9. The average Bonchev–Trinajstić information content (AvgIpc) is 2.80. The number of carboxylic acid groups (broad SMARTS) is 1. The van der Waals surface area contributed by atoms with E-state index < -0.39 is 12.0 Å². The number of carboxylic acids is 1. The van der Waals surface area contributed by atoms with Crippen molar-refractivity contribution in [2.75, 3.05) is 11.4 Å². The van der Waals surface area contributed by atoms with E-state index in [2.05, 4.69) is 9.97 Å². The largest absolute Gasteiger partial charge is 0.480 e. The number of anilines is 1. The monoisotopic (exact) mass is 257 g/mol. The summed E-state index contributed by atoms with van der Waals surface area (Å²) in [5, 5.41) is 10.3. The standard InChI is InChI=1S/C14H15N3O2/c1-9-6-7-17(12(9)14(18)19)13-10-4-2-3-5-11(10)15-8-16-13/h2-5,8-9,12H,6-7H2,1H3,(H,18,19). The molecule has 1 fully saturated rings. The van der Waals surface area contributed by atoms with E-state index in [0.717, 1.165) is 29.7 Å². The van der Waals surface area contributed by atoms with Crippen molar-refractivity contribution in [2.45, 2.75) is 19.4 Å². The van der Waals surface area contributed by atoms with Crippen LogP contribution in [-0.2, 0) is 4.79 Å². The second-order valence-electron chi connectivity index (χ2n) is 4.96. The van der Waals surface area contributed by atoms with E-state index in [0.29, 0.717) is 0 Å². The van der Waals surface area contributed by atoms with E-state index >= 15 is 0 Å². The van der Waals surface area contributed by atoms with Gasteiger partial charge >= 0.3 is 5.97 Å². The zero-order valence-electron chi connectivity index (χ0n) is 10.7. The molecule has 0 spiro atoms. The van der Waals surface area contributed by atoms with Gasteiger partial charge in [-0.15, -0.1) is 0 Å². The summed E-state index contributed by atoms with van der Waals surface area (Å²) in [7, 11) is 0. The van der Waals surface area contributed by atoms with E-state index in [4.69, 9.17) is 0 Å². The molecule has 1 aromatic heterocycles. The molecule has 1 aromatic carbocycles. The molecule has 1 aliphatic rings. The van der Waals surface area contributed by atoms with Crippen molar-refractivity contribution in [3.63, 3.8) is 0 Å². The molecule has 2 aromatic rings. The number of aliphatic carboxylic acids is 1. The molecule has 1 saturated heterocycles. The minimum atomic E-state index is -0.785. The molecule has 0 bridgehead atoms. The maximum atomic E-state index is 11.4. The first-order valence-electron chi connectivity index (χ1n) is 6.37. The molecule has 2 unspecified atom stereocenters. The molecule has 1 aliphatic heterocycles. The highest BCUT2D eigenvalue weighted by atomic mass is 16.4. The molecular formula is C14H15N3O2. The molecule has 5 heteroatoms. The predicted molar refractivity (Wildman–Crippen MR) is 72.1 cm³/mol. The van der Waals surface area contributed by atoms with Gasteiger partial charge in [-0.3, -0.25) is 0 Å². The van der Waals surface area contributed by atoms with Gasteiger partial charge in [-0.1, -0.05) is 19.1 Å². The van der Waals surface area contributed by atoms with Crippen molar-refractivity contribution in [1.29, 1.82) is 0 Å². The van der Waals surface area contributed by atoms with E-state index in [9.17, 15) is 9.90 Å². The lowest BCUT2D eigenvalue weighted by Crippen LogP contribution is -2.39. The Morgan fingerprint density at radius 2 is 2.16 bits per heavy atom. The van der Waals surface area contributed by atoms with Gasteiger partial charge in [-0.2, -0.15) is 0 Å². The topological polar surface area (TPSA) is 66.3 Å². The van der Waals surface area contributed by atoms with Gasteiger partial charge in [0, 0.05) is 11.9 Å². The number of hydrogen-bond acceptors (Lipinski definition) is 4. The molecule has 0 saturated carbocycles. The van der Waals surface area contributed by atoms with Crippen LogP contribution in [0.5, 0.6) is 0 Å². The van der Waals surface area contributed by atoms with E-state index in [1.54, 1.807) is 0 Å². The first-order chi connectivity index (χ1) is 9.18. The number of fused-ring (bicyclic) bond motifs is 1. The third-order valence-corrected chi connectivity index (χ3v) is 3.75. The lowest BCUT2D eigenvalue weighted by Gasteiger charge is -2.25. The fourth-order valence-corrected chi connectivity index (χ4v) is 2.78. The van der Waals surface area contributed by atoms with E-state index in [1.165, 1.54) is 6.33 Å². The van der Waals surface area contributed by atoms with Crippen molar-refractivity contribution in [3.8, 4) is 0 Å². The van der Waals surface area contributed by atoms with Gasteiger partial charge in [-0.25, -0.2) is 14.8 Å². The molecule has 5 nitrogen and oxygen atoms in total. The average molecular weight is 257 g/mol. The van der Waals surface area contributed by atoms with Gasteiger partial charge in [0.15, 0.2) is 0 Å². The van der Waals surface area contributed by atoms with Gasteiger partial charge in [0.05, 0.1) is 5.52 Å². The second-order valence-corrected chi connectivity index (χ2v) is 4.96. The van der Waals surface area contributed by atoms with E-state index in [-0.39, 0.29) is 5.92 Å². The molecular weight excluding hydrogens is 242 g/mol. The summed E-state index contributed by atoms with van der Waals surface area (Å²) in [6.45, 7) is 2.70. The van der Waals surface area contributed by atoms with Crippen molar-refractivity contribution in [3.05, 3.63) is 30.6 Å². The Bertz CT molecular complexity index is 624. The Balaban J connectivity index is 2.11. The number of nitrogens with zero attached hydrogens (tertiary/aromatic N) is 3. The van der Waals surface area contributed by atoms with Crippen molar-refractivity contribution in [2.24, 2.45) is 5.92 Å². The summed E-state index contributed by atoms with van der Waals surface area (Å²) in [6.07, 6.45) is 2.37. The molecule has 2 heterocycles. The van der Waals surface area contributed by atoms with Crippen LogP contribution in [0.25, 0.3) is 10.9 Å². The van der Waals surface area contributed by atoms with Crippen LogP contribution in [0.1, 0.15) is 13.3 Å². The Morgan fingerprint density at radius 3 is 2.95 bits per heavy atom. The van der Waals surface area contributed by atoms with Crippen molar-refractivity contribution in [1.82, 2.24) is 9.97 Å². The number of hydrogen-bond donors (Lipinski definition) is 1. The third-order valence-electron chi connectivity index (χ3n) is 3.75. The van der Waals surface area contributed by atoms with E-state index in [1.807, 2.05) is 36.1 Å². The summed E-state index contributed by atoms with van der Waals surface area (Å²) in [4.78, 5) is 21.9. The Hall–Kier alpha value is -2.17. The van der Waals surface area contributed by atoms with Crippen LogP contribution in [0.15, 0.2) is 30.6 Å². The van der Waals surface area contributed by atoms with Gasteiger partial charge < -0.3 is 10.0 Å². The van der Waals surface area contributed by atoms with Gasteiger partial charge in [-0.05, 0) is 24.5 Å². The number of para-hydroxylation sites is 1. The van der Waals surface area contributed by atoms with Crippen LogP contribution in [0.4, 0.5) is 5.82 Å². The van der Waals surface area contributed by atoms with Crippen LogP contribution < -0.4 is 4.90 Å². The van der Waals surface area contributed by atoms with Gasteiger partial charge in [0.25, 0.3) is 0 Å². The quantitative estimate of drug-likeness (QED) is 0.890. The fourth-order valence-electron chi connectivity index (χ4n) is 2.78. The summed E-state index contributed by atoms with van der Waals surface area (Å²) >= 11 is 0. The Morgan fingerprint density at radius 1 is 1.37 bits per heavy atom.